The standard InChI is InChI=1S/C19H20N4O4S2/c1-12-4-6-16(13(2)8-12)22-29(26,27)15-5-7-17(18(9-15)23(24)25)20-10-19-14(3)21-11-28-19/h4-9,11,20,22H,10H2,1-3H3. The van der Waals surface area contributed by atoms with Gasteiger partial charge < -0.3 is 5.32 Å². The maximum absolute atomic E-state index is 12.8. The summed E-state index contributed by atoms with van der Waals surface area (Å²) in [4.78, 5) is 15.8. The van der Waals surface area contributed by atoms with Gasteiger partial charge in [-0.05, 0) is 44.5 Å². The summed E-state index contributed by atoms with van der Waals surface area (Å²) in [7, 11) is -3.98. The summed E-state index contributed by atoms with van der Waals surface area (Å²) in [6.07, 6.45) is 0. The summed E-state index contributed by atoms with van der Waals surface area (Å²) < 4.78 is 28.0. The van der Waals surface area contributed by atoms with Gasteiger partial charge in [0, 0.05) is 10.9 Å². The van der Waals surface area contributed by atoms with Crippen molar-refractivity contribution in [3.05, 3.63) is 73.7 Å². The van der Waals surface area contributed by atoms with Crippen molar-refractivity contribution in [1.29, 1.82) is 0 Å². The number of nitro benzene ring substituents is 1. The van der Waals surface area contributed by atoms with E-state index in [0.717, 1.165) is 27.8 Å². The molecular weight excluding hydrogens is 412 g/mol. The lowest BCUT2D eigenvalue weighted by Crippen LogP contribution is -2.14. The van der Waals surface area contributed by atoms with E-state index in [1.807, 2.05) is 19.9 Å². The highest BCUT2D eigenvalue weighted by Crippen LogP contribution is 2.30. The molecule has 0 atom stereocenters. The monoisotopic (exact) mass is 432 g/mol. The van der Waals surface area contributed by atoms with Crippen LogP contribution in [-0.2, 0) is 16.6 Å². The smallest absolute Gasteiger partial charge is 0.293 e. The fourth-order valence-electron chi connectivity index (χ4n) is 2.78. The largest absolute Gasteiger partial charge is 0.375 e. The molecule has 152 valence electrons. The molecule has 29 heavy (non-hydrogen) atoms. The van der Waals surface area contributed by atoms with Crippen LogP contribution in [0, 0.1) is 30.9 Å². The predicted molar refractivity (Wildman–Crippen MR) is 114 cm³/mol. The summed E-state index contributed by atoms with van der Waals surface area (Å²) in [5.41, 5.74) is 4.69. The van der Waals surface area contributed by atoms with Crippen LogP contribution in [0.25, 0.3) is 0 Å². The first-order valence-electron chi connectivity index (χ1n) is 8.69. The van der Waals surface area contributed by atoms with E-state index < -0.39 is 14.9 Å². The number of anilines is 2. The zero-order chi connectivity index (χ0) is 21.2. The van der Waals surface area contributed by atoms with E-state index in [-0.39, 0.29) is 16.3 Å². The fourth-order valence-corrected chi connectivity index (χ4v) is 4.65. The van der Waals surface area contributed by atoms with E-state index in [0.29, 0.717) is 12.2 Å². The molecule has 0 saturated carbocycles. The Labute approximate surface area is 172 Å². The number of sulfonamides is 1. The van der Waals surface area contributed by atoms with Crippen LogP contribution >= 0.6 is 11.3 Å². The Morgan fingerprint density at radius 2 is 1.83 bits per heavy atom. The van der Waals surface area contributed by atoms with E-state index in [4.69, 9.17) is 0 Å². The van der Waals surface area contributed by atoms with E-state index >= 15 is 0 Å². The first kappa shape index (κ1) is 20.7. The number of hydrogen-bond donors (Lipinski definition) is 2. The highest BCUT2D eigenvalue weighted by atomic mass is 32.2. The van der Waals surface area contributed by atoms with Gasteiger partial charge in [-0.2, -0.15) is 0 Å². The van der Waals surface area contributed by atoms with Crippen LogP contribution in [0.5, 0.6) is 0 Å². The molecule has 0 aliphatic heterocycles. The van der Waals surface area contributed by atoms with E-state index in [1.54, 1.807) is 24.6 Å². The molecule has 0 saturated heterocycles. The third kappa shape index (κ3) is 4.72. The van der Waals surface area contributed by atoms with Crippen molar-refractivity contribution in [2.75, 3.05) is 10.0 Å². The van der Waals surface area contributed by atoms with Crippen LogP contribution in [0.2, 0.25) is 0 Å². The van der Waals surface area contributed by atoms with Crippen LogP contribution in [-0.4, -0.2) is 18.3 Å². The minimum absolute atomic E-state index is 0.177. The molecule has 1 aromatic heterocycles. The molecule has 0 bridgehead atoms. The minimum atomic E-state index is -3.98. The molecule has 8 nitrogen and oxygen atoms in total. The number of nitro groups is 1. The number of benzene rings is 2. The van der Waals surface area contributed by atoms with Crippen molar-refractivity contribution < 1.29 is 13.3 Å². The summed E-state index contributed by atoms with van der Waals surface area (Å²) in [5, 5.41) is 14.5. The highest BCUT2D eigenvalue weighted by molar-refractivity contribution is 7.92. The molecule has 0 fully saturated rings. The van der Waals surface area contributed by atoms with Gasteiger partial charge >= 0.3 is 0 Å². The minimum Gasteiger partial charge on any atom is -0.375 e. The number of nitrogens with zero attached hydrogens (tertiary/aromatic N) is 2. The van der Waals surface area contributed by atoms with Crippen LogP contribution in [0.1, 0.15) is 21.7 Å². The van der Waals surface area contributed by atoms with Crippen molar-refractivity contribution in [3.8, 4) is 0 Å². The molecule has 0 aliphatic carbocycles. The van der Waals surface area contributed by atoms with Gasteiger partial charge in [0.25, 0.3) is 15.7 Å². The Morgan fingerprint density at radius 3 is 2.45 bits per heavy atom. The maximum Gasteiger partial charge on any atom is 0.293 e. The number of rotatable bonds is 7. The molecule has 10 heteroatoms. The topological polar surface area (TPSA) is 114 Å². The molecular formula is C19H20N4O4S2. The quantitative estimate of drug-likeness (QED) is 0.423. The Balaban J connectivity index is 1.88. The Morgan fingerprint density at radius 1 is 1.10 bits per heavy atom. The first-order chi connectivity index (χ1) is 13.7. The maximum atomic E-state index is 12.8. The normalized spacial score (nSPS) is 11.3. The van der Waals surface area contributed by atoms with Gasteiger partial charge in [-0.3, -0.25) is 14.8 Å². The Bertz CT molecular complexity index is 1170. The van der Waals surface area contributed by atoms with Crippen LogP contribution in [0.4, 0.5) is 17.1 Å². The number of thiazole rings is 1. The number of aryl methyl sites for hydroxylation is 3. The van der Waals surface area contributed by atoms with Gasteiger partial charge in [0.2, 0.25) is 0 Å². The van der Waals surface area contributed by atoms with E-state index in [1.165, 1.54) is 23.5 Å². The second-order valence-electron chi connectivity index (χ2n) is 6.57. The lowest BCUT2D eigenvalue weighted by atomic mass is 10.1. The van der Waals surface area contributed by atoms with Gasteiger partial charge in [0.1, 0.15) is 5.69 Å². The highest BCUT2D eigenvalue weighted by Gasteiger charge is 2.22. The van der Waals surface area contributed by atoms with Crippen molar-refractivity contribution in [2.24, 2.45) is 0 Å². The average Bonchev–Trinajstić information content (AvgIpc) is 3.07. The molecule has 2 aromatic carbocycles. The summed E-state index contributed by atoms with van der Waals surface area (Å²) in [5.74, 6) is 0. The average molecular weight is 433 g/mol. The molecule has 3 aromatic rings. The van der Waals surface area contributed by atoms with Crippen molar-refractivity contribution in [1.82, 2.24) is 4.98 Å². The van der Waals surface area contributed by atoms with Gasteiger partial charge in [0.15, 0.2) is 0 Å². The molecule has 0 radical (unpaired) electrons. The van der Waals surface area contributed by atoms with E-state index in [9.17, 15) is 18.5 Å². The molecule has 2 N–H and O–H groups in total. The Kier molecular flexibility index (Phi) is 5.85. The lowest BCUT2D eigenvalue weighted by Gasteiger charge is -2.12. The predicted octanol–water partition coefficient (Wildman–Crippen LogP) is 4.39. The molecule has 0 aliphatic rings. The molecule has 3 rings (SSSR count). The summed E-state index contributed by atoms with van der Waals surface area (Å²) in [6, 6.07) is 9.14. The fraction of sp³-hybridized carbons (Fsp3) is 0.211. The van der Waals surface area contributed by atoms with Crippen LogP contribution < -0.4 is 10.0 Å². The van der Waals surface area contributed by atoms with Gasteiger partial charge in [0.05, 0.1) is 33.3 Å². The van der Waals surface area contributed by atoms with Crippen LogP contribution in [0.3, 0.4) is 0 Å². The number of aromatic nitrogens is 1. The molecule has 0 unspecified atom stereocenters. The van der Waals surface area contributed by atoms with Gasteiger partial charge in [-0.25, -0.2) is 13.4 Å². The van der Waals surface area contributed by atoms with Crippen molar-refractivity contribution >= 4 is 38.4 Å². The van der Waals surface area contributed by atoms with Gasteiger partial charge in [-0.1, -0.05) is 17.7 Å². The SMILES string of the molecule is Cc1ccc(NS(=O)(=O)c2ccc(NCc3scnc3C)c([N+](=O)[O-])c2)c(C)c1. The third-order valence-electron chi connectivity index (χ3n) is 4.39. The first-order valence-corrected chi connectivity index (χ1v) is 11.0. The van der Waals surface area contributed by atoms with E-state index in [2.05, 4.69) is 15.0 Å². The third-order valence-corrected chi connectivity index (χ3v) is 6.68. The second kappa shape index (κ2) is 8.18. The zero-order valence-electron chi connectivity index (χ0n) is 16.1. The number of hydrogen-bond acceptors (Lipinski definition) is 7. The molecule has 0 amide bonds. The summed E-state index contributed by atoms with van der Waals surface area (Å²) >= 11 is 1.44. The van der Waals surface area contributed by atoms with Crippen molar-refractivity contribution in [2.45, 2.75) is 32.2 Å². The molecule has 0 spiro atoms. The van der Waals surface area contributed by atoms with Crippen molar-refractivity contribution in [3.63, 3.8) is 0 Å². The lowest BCUT2D eigenvalue weighted by molar-refractivity contribution is -0.384. The zero-order valence-corrected chi connectivity index (χ0v) is 17.7. The van der Waals surface area contributed by atoms with Crippen LogP contribution in [0.15, 0.2) is 46.8 Å². The second-order valence-corrected chi connectivity index (χ2v) is 9.20. The molecule has 1 heterocycles. The number of nitrogens with one attached hydrogen (secondary N) is 2. The van der Waals surface area contributed by atoms with Gasteiger partial charge in [-0.15, -0.1) is 11.3 Å². The summed E-state index contributed by atoms with van der Waals surface area (Å²) in [6.45, 7) is 5.93. The Hall–Kier alpha value is -2.98.